The van der Waals surface area contributed by atoms with Crippen molar-refractivity contribution in [3.05, 3.63) is 205 Å². The monoisotopic (exact) mass is 717 g/mol. The van der Waals surface area contributed by atoms with Crippen LogP contribution in [0.1, 0.15) is 11.1 Å². The predicted molar refractivity (Wildman–Crippen MR) is 234 cm³/mol. The van der Waals surface area contributed by atoms with Crippen LogP contribution in [-0.2, 0) is 0 Å². The van der Waals surface area contributed by atoms with Gasteiger partial charge in [0.2, 0.25) is 0 Å². The highest BCUT2D eigenvalue weighted by molar-refractivity contribution is 6.14. The first-order valence-corrected chi connectivity index (χ1v) is 19.0. The quantitative estimate of drug-likeness (QED) is 0.183. The first kappa shape index (κ1) is 32.0. The molecule has 0 saturated heterocycles. The van der Waals surface area contributed by atoms with Gasteiger partial charge in [-0.15, -0.1) is 0 Å². The summed E-state index contributed by atoms with van der Waals surface area (Å²) in [5, 5.41) is 8.37. The molecule has 56 heavy (non-hydrogen) atoms. The van der Waals surface area contributed by atoms with Crippen molar-refractivity contribution in [2.45, 2.75) is 0 Å². The summed E-state index contributed by atoms with van der Waals surface area (Å²) in [5.74, 6) is 1.54. The molecule has 0 atom stereocenters. The molecule has 1 N–H and O–H groups in total. The van der Waals surface area contributed by atoms with Crippen molar-refractivity contribution < 1.29 is 0 Å². The van der Waals surface area contributed by atoms with E-state index in [1.807, 2.05) is 6.07 Å². The molecule has 2 aromatic heterocycles. The molecule has 264 valence electrons. The smallest absolute Gasteiger partial charge is 0.158 e. The van der Waals surface area contributed by atoms with E-state index in [0.717, 1.165) is 45.2 Å². The number of aromatic nitrogens is 2. The normalized spacial score (nSPS) is 12.9. The molecule has 8 aromatic carbocycles. The summed E-state index contributed by atoms with van der Waals surface area (Å²) in [6.07, 6.45) is 0. The van der Waals surface area contributed by atoms with E-state index in [9.17, 15) is 0 Å². The fourth-order valence-electron chi connectivity index (χ4n) is 8.36. The van der Waals surface area contributed by atoms with E-state index in [1.165, 1.54) is 54.8 Å². The number of aliphatic imine (C=N–C) groups is 2. The van der Waals surface area contributed by atoms with Gasteiger partial charge in [-0.25, -0.2) is 9.98 Å². The SMILES string of the molecule is c1ccc(-c2ccc(C3=NCNC(c4cccc(-n5c6ccccc6c6ccc(-c7ccc8c(c7)c7ccccc7n8-c7ccccc7)cc65)c4)=N3)cc2)cc1. The summed E-state index contributed by atoms with van der Waals surface area (Å²) >= 11 is 0. The van der Waals surface area contributed by atoms with Gasteiger partial charge < -0.3 is 14.5 Å². The number of para-hydroxylation sites is 3. The van der Waals surface area contributed by atoms with Crippen molar-refractivity contribution in [3.8, 4) is 33.6 Å². The van der Waals surface area contributed by atoms with E-state index in [1.54, 1.807) is 0 Å². The molecular weight excluding hydrogens is 683 g/mol. The molecule has 0 unspecified atom stereocenters. The Bertz CT molecular complexity index is 3170. The van der Waals surface area contributed by atoms with Crippen LogP contribution in [0.4, 0.5) is 0 Å². The number of nitrogens with one attached hydrogen (secondary N) is 1. The van der Waals surface area contributed by atoms with E-state index in [0.29, 0.717) is 6.67 Å². The van der Waals surface area contributed by atoms with Gasteiger partial charge in [-0.3, -0.25) is 0 Å². The van der Waals surface area contributed by atoms with Crippen LogP contribution in [0.5, 0.6) is 0 Å². The fourth-order valence-corrected chi connectivity index (χ4v) is 8.36. The number of amidine groups is 2. The van der Waals surface area contributed by atoms with Crippen molar-refractivity contribution in [2.75, 3.05) is 6.67 Å². The van der Waals surface area contributed by atoms with Crippen molar-refractivity contribution in [3.63, 3.8) is 0 Å². The first-order valence-electron chi connectivity index (χ1n) is 19.0. The second-order valence-electron chi connectivity index (χ2n) is 14.3. The first-order chi connectivity index (χ1) is 27.8. The van der Waals surface area contributed by atoms with Crippen molar-refractivity contribution in [1.82, 2.24) is 14.5 Å². The van der Waals surface area contributed by atoms with E-state index in [2.05, 4.69) is 203 Å². The van der Waals surface area contributed by atoms with E-state index < -0.39 is 0 Å². The zero-order valence-corrected chi connectivity index (χ0v) is 30.5. The highest BCUT2D eigenvalue weighted by Crippen LogP contribution is 2.38. The maximum atomic E-state index is 5.04. The third-order valence-electron chi connectivity index (χ3n) is 11.0. The average Bonchev–Trinajstić information content (AvgIpc) is 3.79. The molecule has 0 radical (unpaired) electrons. The summed E-state index contributed by atoms with van der Waals surface area (Å²) in [7, 11) is 0. The van der Waals surface area contributed by atoms with Crippen LogP contribution in [0.25, 0.3) is 77.2 Å². The van der Waals surface area contributed by atoms with Gasteiger partial charge in [0.25, 0.3) is 0 Å². The predicted octanol–water partition coefficient (Wildman–Crippen LogP) is 12.0. The largest absolute Gasteiger partial charge is 0.350 e. The van der Waals surface area contributed by atoms with Crippen LogP contribution >= 0.6 is 0 Å². The Morgan fingerprint density at radius 1 is 0.357 bits per heavy atom. The zero-order chi connectivity index (χ0) is 37.0. The molecule has 0 amide bonds. The Morgan fingerprint density at radius 2 is 0.893 bits per heavy atom. The highest BCUT2D eigenvalue weighted by Gasteiger charge is 2.18. The van der Waals surface area contributed by atoms with Gasteiger partial charge in [-0.1, -0.05) is 140 Å². The Morgan fingerprint density at radius 3 is 1.68 bits per heavy atom. The number of nitrogens with zero attached hydrogens (tertiary/aromatic N) is 4. The van der Waals surface area contributed by atoms with Crippen LogP contribution in [0.3, 0.4) is 0 Å². The van der Waals surface area contributed by atoms with Gasteiger partial charge in [0, 0.05) is 44.0 Å². The Balaban J connectivity index is 0.997. The number of fused-ring (bicyclic) bond motifs is 6. The van der Waals surface area contributed by atoms with Crippen LogP contribution in [-0.4, -0.2) is 27.5 Å². The van der Waals surface area contributed by atoms with Gasteiger partial charge in [-0.05, 0) is 76.9 Å². The lowest BCUT2D eigenvalue weighted by Crippen LogP contribution is -2.30. The molecule has 1 aliphatic rings. The Labute approximate surface area is 324 Å². The molecule has 0 spiro atoms. The summed E-state index contributed by atoms with van der Waals surface area (Å²) in [4.78, 5) is 9.77. The minimum atomic E-state index is 0.464. The molecule has 0 saturated carbocycles. The third-order valence-corrected chi connectivity index (χ3v) is 11.0. The maximum Gasteiger partial charge on any atom is 0.158 e. The third kappa shape index (κ3) is 5.32. The number of hydrogen-bond acceptors (Lipinski definition) is 3. The Hall–Kier alpha value is -7.50. The van der Waals surface area contributed by atoms with E-state index in [-0.39, 0.29) is 0 Å². The van der Waals surface area contributed by atoms with Gasteiger partial charge in [0.1, 0.15) is 12.5 Å². The molecule has 0 bridgehead atoms. The minimum Gasteiger partial charge on any atom is -0.350 e. The molecule has 5 nitrogen and oxygen atoms in total. The van der Waals surface area contributed by atoms with Gasteiger partial charge >= 0.3 is 0 Å². The molecule has 0 fully saturated rings. The lowest BCUT2D eigenvalue weighted by Gasteiger charge is -2.16. The second kappa shape index (κ2) is 13.1. The molecule has 11 rings (SSSR count). The average molecular weight is 718 g/mol. The van der Waals surface area contributed by atoms with Crippen LogP contribution in [0.15, 0.2) is 204 Å². The standard InChI is InChI=1S/C51H35N5/c1-3-12-34(13-4-1)35-22-24-36(25-23-35)50-52-33-53-51(54-50)39-14-11-17-41(30-39)56-46-20-9-7-18-42(46)44-28-26-38(32-49(44)56)37-27-29-48-45(31-37)43-19-8-10-21-47(43)55(48)40-15-5-2-6-16-40/h1-32H,33H2,(H,52,53,54). The van der Waals surface area contributed by atoms with Crippen LogP contribution in [0.2, 0.25) is 0 Å². The number of hydrogen-bond donors (Lipinski definition) is 1. The number of benzene rings is 8. The molecule has 5 heteroatoms. The van der Waals surface area contributed by atoms with Crippen molar-refractivity contribution >= 4 is 55.3 Å². The summed E-state index contributed by atoms with van der Waals surface area (Å²) in [6.45, 7) is 0.464. The van der Waals surface area contributed by atoms with Gasteiger partial charge in [0.15, 0.2) is 5.84 Å². The topological polar surface area (TPSA) is 46.6 Å². The molecule has 3 heterocycles. The van der Waals surface area contributed by atoms with Crippen molar-refractivity contribution in [1.29, 1.82) is 0 Å². The summed E-state index contributed by atoms with van der Waals surface area (Å²) < 4.78 is 4.75. The van der Waals surface area contributed by atoms with E-state index >= 15 is 0 Å². The molecule has 0 aliphatic carbocycles. The van der Waals surface area contributed by atoms with Gasteiger partial charge in [0.05, 0.1) is 22.1 Å². The molecule has 1 aliphatic heterocycles. The van der Waals surface area contributed by atoms with Crippen molar-refractivity contribution in [2.24, 2.45) is 9.98 Å². The fraction of sp³-hybridized carbons (Fsp3) is 0.0196. The second-order valence-corrected chi connectivity index (χ2v) is 14.3. The van der Waals surface area contributed by atoms with Crippen LogP contribution < -0.4 is 5.32 Å². The zero-order valence-electron chi connectivity index (χ0n) is 30.5. The molecule has 10 aromatic rings. The van der Waals surface area contributed by atoms with Crippen LogP contribution in [0, 0.1) is 0 Å². The lowest BCUT2D eigenvalue weighted by molar-refractivity contribution is 0.907. The molecular formula is C51H35N5. The highest BCUT2D eigenvalue weighted by atomic mass is 15.2. The van der Waals surface area contributed by atoms with Gasteiger partial charge in [-0.2, -0.15) is 0 Å². The minimum absolute atomic E-state index is 0.464. The lowest BCUT2D eigenvalue weighted by atomic mass is 10.0. The summed E-state index contributed by atoms with van der Waals surface area (Å²) in [6, 6.07) is 69.4. The maximum absolute atomic E-state index is 5.04. The number of rotatable bonds is 6. The summed E-state index contributed by atoms with van der Waals surface area (Å²) in [5.41, 5.74) is 13.7. The van der Waals surface area contributed by atoms with E-state index in [4.69, 9.17) is 9.98 Å². The Kier molecular flexibility index (Phi) is 7.49.